The summed E-state index contributed by atoms with van der Waals surface area (Å²) in [5, 5.41) is 3.12. The van der Waals surface area contributed by atoms with E-state index in [-0.39, 0.29) is 0 Å². The first-order chi connectivity index (χ1) is 12.0. The minimum atomic E-state index is 0.390. The molecule has 0 bridgehead atoms. The number of likely N-dealkylation sites (tertiary alicyclic amines) is 2. The molecule has 0 aliphatic carbocycles. The lowest BCUT2D eigenvalue weighted by atomic mass is 9.71. The van der Waals surface area contributed by atoms with Crippen molar-refractivity contribution < 1.29 is 0 Å². The molecule has 0 spiro atoms. The van der Waals surface area contributed by atoms with Crippen molar-refractivity contribution in [3.05, 3.63) is 42.4 Å². The molecule has 0 amide bonds. The number of rotatable bonds is 4. The summed E-state index contributed by atoms with van der Waals surface area (Å²) < 4.78 is 0. The molecule has 6 nitrogen and oxygen atoms in total. The number of fused-ring (bicyclic) bond motifs is 1. The molecule has 4 rings (SSSR count). The first-order valence-corrected chi connectivity index (χ1v) is 8.86. The van der Waals surface area contributed by atoms with E-state index >= 15 is 0 Å². The minimum Gasteiger partial charge on any atom is -0.309 e. The van der Waals surface area contributed by atoms with Crippen molar-refractivity contribution in [2.45, 2.75) is 20.4 Å². The third kappa shape index (κ3) is 3.12. The highest BCUT2D eigenvalue weighted by atomic mass is 15.3. The van der Waals surface area contributed by atoms with Crippen LogP contribution in [0.5, 0.6) is 0 Å². The van der Waals surface area contributed by atoms with Crippen LogP contribution in [0, 0.1) is 10.8 Å². The molecule has 1 N–H and O–H groups in total. The van der Waals surface area contributed by atoms with Crippen molar-refractivity contribution in [3.8, 4) is 0 Å². The predicted molar refractivity (Wildman–Crippen MR) is 98.5 cm³/mol. The Hall–Kier alpha value is -2.05. The van der Waals surface area contributed by atoms with Gasteiger partial charge in [0, 0.05) is 62.1 Å². The van der Waals surface area contributed by atoms with Gasteiger partial charge in [0.1, 0.15) is 5.82 Å². The molecule has 0 radical (unpaired) electrons. The molecule has 2 aromatic rings. The van der Waals surface area contributed by atoms with E-state index < -0.39 is 0 Å². The molecule has 0 aromatic carbocycles. The van der Waals surface area contributed by atoms with Gasteiger partial charge < -0.3 is 10.2 Å². The maximum Gasteiger partial charge on any atom is 0.228 e. The molecule has 2 aliphatic heterocycles. The Balaban J connectivity index is 1.39. The summed E-state index contributed by atoms with van der Waals surface area (Å²) >= 11 is 0. The van der Waals surface area contributed by atoms with Gasteiger partial charge in [-0.05, 0) is 24.7 Å². The fraction of sp³-hybridized carbons (Fsp3) is 0.526. The van der Waals surface area contributed by atoms with Crippen molar-refractivity contribution in [3.63, 3.8) is 0 Å². The van der Waals surface area contributed by atoms with Gasteiger partial charge in [-0.15, -0.1) is 0 Å². The first-order valence-electron chi connectivity index (χ1n) is 8.86. The third-order valence-corrected chi connectivity index (χ3v) is 5.88. The van der Waals surface area contributed by atoms with Crippen molar-refractivity contribution in [2.75, 3.05) is 38.5 Å². The number of aromatic nitrogens is 3. The number of anilines is 2. The zero-order valence-electron chi connectivity index (χ0n) is 15.2. The maximum atomic E-state index is 4.51. The van der Waals surface area contributed by atoms with Gasteiger partial charge in [-0.3, -0.25) is 4.90 Å². The molecule has 2 atom stereocenters. The molecule has 2 saturated heterocycles. The summed E-state index contributed by atoms with van der Waals surface area (Å²) in [6, 6.07) is 5.94. The molecular formula is C19H26N6. The summed E-state index contributed by atoms with van der Waals surface area (Å²) in [5.74, 6) is 1.34. The van der Waals surface area contributed by atoms with E-state index in [0.717, 1.165) is 25.5 Å². The van der Waals surface area contributed by atoms with E-state index in [9.17, 15) is 0 Å². The standard InChI is InChI=1S/C19H26N6/c1-18-11-24(3)12-19(18,2)14-25(13-18)10-15-5-6-16(22-9-15)23-17-20-7-4-8-21-17/h4-9H,10-14H2,1-3H3,(H,20,21,22,23)/t18-,19+. The monoisotopic (exact) mass is 338 g/mol. The second-order valence-electron chi connectivity index (χ2n) is 8.19. The summed E-state index contributed by atoms with van der Waals surface area (Å²) in [4.78, 5) is 17.9. The highest BCUT2D eigenvalue weighted by Gasteiger charge is 2.56. The quantitative estimate of drug-likeness (QED) is 0.924. The fourth-order valence-corrected chi connectivity index (χ4v) is 4.59. The van der Waals surface area contributed by atoms with Crippen LogP contribution < -0.4 is 5.32 Å². The van der Waals surface area contributed by atoms with E-state index in [1.54, 1.807) is 18.5 Å². The lowest BCUT2D eigenvalue weighted by Crippen LogP contribution is -2.34. The average molecular weight is 338 g/mol. The zero-order valence-corrected chi connectivity index (χ0v) is 15.2. The molecule has 6 heteroatoms. The highest BCUT2D eigenvalue weighted by Crippen LogP contribution is 2.51. The molecule has 132 valence electrons. The Labute approximate surface area is 149 Å². The molecule has 2 aliphatic rings. The molecule has 4 heterocycles. The molecular weight excluding hydrogens is 312 g/mol. The summed E-state index contributed by atoms with van der Waals surface area (Å²) in [7, 11) is 2.24. The molecule has 0 unspecified atom stereocenters. The SMILES string of the molecule is CN1C[C@@]2(C)CN(Cc3ccc(Nc4ncccn4)nc3)C[C@@]2(C)C1. The normalized spacial score (nSPS) is 29.7. The van der Waals surface area contributed by atoms with E-state index in [4.69, 9.17) is 0 Å². The topological polar surface area (TPSA) is 57.2 Å². The maximum absolute atomic E-state index is 4.51. The lowest BCUT2D eigenvalue weighted by Gasteiger charge is -2.31. The van der Waals surface area contributed by atoms with Gasteiger partial charge in [0.15, 0.2) is 0 Å². The fourth-order valence-electron chi connectivity index (χ4n) is 4.59. The van der Waals surface area contributed by atoms with E-state index in [0.29, 0.717) is 16.8 Å². The van der Waals surface area contributed by atoms with Crippen LogP contribution in [0.1, 0.15) is 19.4 Å². The van der Waals surface area contributed by atoms with Crippen LogP contribution in [0.25, 0.3) is 0 Å². The number of nitrogens with zero attached hydrogens (tertiary/aromatic N) is 5. The molecule has 2 aromatic heterocycles. The van der Waals surface area contributed by atoms with Crippen molar-refractivity contribution in [1.29, 1.82) is 0 Å². The number of pyridine rings is 1. The summed E-state index contributed by atoms with van der Waals surface area (Å²) in [6.07, 6.45) is 5.38. The van der Waals surface area contributed by atoms with E-state index in [2.05, 4.69) is 57.0 Å². The van der Waals surface area contributed by atoms with Crippen LogP contribution in [0.3, 0.4) is 0 Å². The Morgan fingerprint density at radius 3 is 2.28 bits per heavy atom. The molecule has 2 fully saturated rings. The Morgan fingerprint density at radius 1 is 1.00 bits per heavy atom. The van der Waals surface area contributed by atoms with Gasteiger partial charge in [0.25, 0.3) is 0 Å². The van der Waals surface area contributed by atoms with Gasteiger partial charge in [0.05, 0.1) is 0 Å². The second kappa shape index (κ2) is 6.04. The molecule has 25 heavy (non-hydrogen) atoms. The van der Waals surface area contributed by atoms with Crippen LogP contribution >= 0.6 is 0 Å². The van der Waals surface area contributed by atoms with Gasteiger partial charge in [-0.2, -0.15) is 0 Å². The summed E-state index contributed by atoms with van der Waals surface area (Å²) in [6.45, 7) is 10.6. The number of nitrogens with one attached hydrogen (secondary N) is 1. The van der Waals surface area contributed by atoms with Crippen molar-refractivity contribution >= 4 is 11.8 Å². The first kappa shape index (κ1) is 16.4. The van der Waals surface area contributed by atoms with Crippen LogP contribution in [-0.2, 0) is 6.54 Å². The van der Waals surface area contributed by atoms with Crippen molar-refractivity contribution in [1.82, 2.24) is 24.8 Å². The zero-order chi connectivity index (χ0) is 17.5. The Morgan fingerprint density at radius 2 is 1.68 bits per heavy atom. The van der Waals surface area contributed by atoms with Crippen LogP contribution in [-0.4, -0.2) is 58.0 Å². The van der Waals surface area contributed by atoms with Crippen molar-refractivity contribution in [2.24, 2.45) is 10.8 Å². The average Bonchev–Trinajstić information content (AvgIpc) is 2.92. The Bertz CT molecular complexity index is 713. The number of hydrogen-bond acceptors (Lipinski definition) is 6. The van der Waals surface area contributed by atoms with Crippen LogP contribution in [0.4, 0.5) is 11.8 Å². The minimum absolute atomic E-state index is 0.390. The van der Waals surface area contributed by atoms with Gasteiger partial charge in [-0.1, -0.05) is 19.9 Å². The van der Waals surface area contributed by atoms with Gasteiger partial charge in [-0.25, -0.2) is 15.0 Å². The highest BCUT2D eigenvalue weighted by molar-refractivity contribution is 5.47. The van der Waals surface area contributed by atoms with E-state index in [1.807, 2.05) is 12.3 Å². The van der Waals surface area contributed by atoms with Crippen LogP contribution in [0.2, 0.25) is 0 Å². The number of hydrogen-bond donors (Lipinski definition) is 1. The van der Waals surface area contributed by atoms with Crippen LogP contribution in [0.15, 0.2) is 36.8 Å². The van der Waals surface area contributed by atoms with E-state index in [1.165, 1.54) is 18.7 Å². The predicted octanol–water partition coefficient (Wildman–Crippen LogP) is 2.39. The largest absolute Gasteiger partial charge is 0.309 e. The third-order valence-electron chi connectivity index (χ3n) is 5.88. The smallest absolute Gasteiger partial charge is 0.228 e. The second-order valence-corrected chi connectivity index (χ2v) is 8.19. The summed E-state index contributed by atoms with van der Waals surface area (Å²) in [5.41, 5.74) is 2.03. The van der Waals surface area contributed by atoms with Gasteiger partial charge in [0.2, 0.25) is 5.95 Å². The Kier molecular flexibility index (Phi) is 3.96. The molecule has 0 saturated carbocycles. The lowest BCUT2D eigenvalue weighted by molar-refractivity contribution is 0.212. The van der Waals surface area contributed by atoms with Gasteiger partial charge >= 0.3 is 0 Å².